The van der Waals surface area contributed by atoms with E-state index in [2.05, 4.69) is 0 Å². The van der Waals surface area contributed by atoms with E-state index >= 15 is 0 Å². The Balaban J connectivity index is 4.36. The lowest BCUT2D eigenvalue weighted by molar-refractivity contribution is -0.155. The summed E-state index contributed by atoms with van der Waals surface area (Å²) in [4.78, 5) is 0. The van der Waals surface area contributed by atoms with Crippen LogP contribution >= 0.6 is 0 Å². The van der Waals surface area contributed by atoms with E-state index in [1.54, 1.807) is 0 Å². The van der Waals surface area contributed by atoms with Gasteiger partial charge in [0.05, 0.1) is 12.7 Å². The summed E-state index contributed by atoms with van der Waals surface area (Å²) in [5, 5.41) is 63.2. The van der Waals surface area contributed by atoms with Gasteiger partial charge in [0.15, 0.2) is 0 Å². The molecule has 0 aliphatic rings. The van der Waals surface area contributed by atoms with Gasteiger partial charge in [0, 0.05) is 0 Å². The van der Waals surface area contributed by atoms with Crippen molar-refractivity contribution >= 4 is 0 Å². The van der Waals surface area contributed by atoms with Crippen molar-refractivity contribution in [2.75, 3.05) is 6.61 Å². The van der Waals surface area contributed by atoms with Gasteiger partial charge < -0.3 is 35.7 Å². The van der Waals surface area contributed by atoms with Crippen LogP contribution in [0, 0.1) is 0 Å². The van der Waals surface area contributed by atoms with Crippen LogP contribution < -0.4 is 0 Å². The second-order valence-corrected chi connectivity index (χ2v) is 3.45. The van der Waals surface area contributed by atoms with Gasteiger partial charge in [0.1, 0.15) is 30.5 Å². The Hall–Kier alpha value is -0.280. The third kappa shape index (κ3) is 3.99. The smallest absolute Gasteiger partial charge is 0.111 e. The first-order valence-corrected chi connectivity index (χ1v) is 4.52. The van der Waals surface area contributed by atoms with Crippen molar-refractivity contribution in [2.45, 2.75) is 43.5 Å². The van der Waals surface area contributed by atoms with Crippen molar-refractivity contribution in [3.63, 3.8) is 0 Å². The monoisotopic (exact) mass is 226 g/mol. The molecule has 7 nitrogen and oxygen atoms in total. The van der Waals surface area contributed by atoms with E-state index in [1.807, 2.05) is 0 Å². The summed E-state index contributed by atoms with van der Waals surface area (Å²) in [7, 11) is 0. The molecule has 6 atom stereocenters. The third-order valence-electron chi connectivity index (χ3n) is 2.13. The molecule has 7 heteroatoms. The molecular weight excluding hydrogens is 208 g/mol. The summed E-state index contributed by atoms with van der Waals surface area (Å²) in [6, 6.07) is 0. The minimum absolute atomic E-state index is 0.796. The zero-order valence-corrected chi connectivity index (χ0v) is 8.30. The second kappa shape index (κ2) is 6.33. The summed E-state index contributed by atoms with van der Waals surface area (Å²) in [6.07, 6.45) is -10.1. The molecule has 0 aliphatic heterocycles. The fourth-order valence-corrected chi connectivity index (χ4v) is 1.03. The Morgan fingerprint density at radius 2 is 1.13 bits per heavy atom. The van der Waals surface area contributed by atoms with Gasteiger partial charge in [0.25, 0.3) is 0 Å². The van der Waals surface area contributed by atoms with Crippen LogP contribution in [0.3, 0.4) is 0 Å². The van der Waals surface area contributed by atoms with E-state index in [0.29, 0.717) is 0 Å². The van der Waals surface area contributed by atoms with E-state index in [0.717, 1.165) is 0 Å². The minimum Gasteiger partial charge on any atom is -0.394 e. The fourth-order valence-electron chi connectivity index (χ4n) is 1.03. The highest BCUT2D eigenvalue weighted by Gasteiger charge is 2.35. The van der Waals surface area contributed by atoms with Crippen molar-refractivity contribution in [2.24, 2.45) is 0 Å². The number of hydrogen-bond donors (Lipinski definition) is 7. The van der Waals surface area contributed by atoms with Crippen LogP contribution in [0.25, 0.3) is 0 Å². The molecule has 92 valence electrons. The molecular formula is C8H18O7. The minimum atomic E-state index is -1.86. The lowest BCUT2D eigenvalue weighted by Crippen LogP contribution is -2.52. The van der Waals surface area contributed by atoms with E-state index in [9.17, 15) is 15.3 Å². The average molecular weight is 226 g/mol. The number of hydrogen-bond acceptors (Lipinski definition) is 7. The first-order chi connectivity index (χ1) is 6.82. The SMILES string of the molecule is CC(O)C(O)[C@H](O)C(O)C(O)[C@H](O)CO. The summed E-state index contributed by atoms with van der Waals surface area (Å²) >= 11 is 0. The fraction of sp³-hybridized carbons (Fsp3) is 1.00. The maximum atomic E-state index is 9.26. The van der Waals surface area contributed by atoms with Gasteiger partial charge >= 0.3 is 0 Å². The first-order valence-electron chi connectivity index (χ1n) is 4.52. The Morgan fingerprint density at radius 3 is 1.47 bits per heavy atom. The van der Waals surface area contributed by atoms with Crippen molar-refractivity contribution in [1.82, 2.24) is 0 Å². The molecule has 15 heavy (non-hydrogen) atoms. The Bertz CT molecular complexity index is 174. The van der Waals surface area contributed by atoms with Crippen LogP contribution in [0.4, 0.5) is 0 Å². The lowest BCUT2D eigenvalue weighted by atomic mass is 9.97. The molecule has 0 spiro atoms. The molecule has 0 radical (unpaired) electrons. The van der Waals surface area contributed by atoms with E-state index < -0.39 is 43.2 Å². The molecule has 0 aromatic heterocycles. The molecule has 0 saturated heterocycles. The Morgan fingerprint density at radius 1 is 0.733 bits per heavy atom. The predicted octanol–water partition coefficient (Wildman–Crippen LogP) is -3.84. The highest BCUT2D eigenvalue weighted by molar-refractivity contribution is 4.86. The van der Waals surface area contributed by atoms with Gasteiger partial charge in [-0.15, -0.1) is 0 Å². The van der Waals surface area contributed by atoms with E-state index in [-0.39, 0.29) is 0 Å². The molecule has 0 heterocycles. The van der Waals surface area contributed by atoms with Crippen LogP contribution in [0.15, 0.2) is 0 Å². The van der Waals surface area contributed by atoms with Gasteiger partial charge in [-0.25, -0.2) is 0 Å². The second-order valence-electron chi connectivity index (χ2n) is 3.45. The molecule has 0 aliphatic carbocycles. The molecule has 0 rings (SSSR count). The van der Waals surface area contributed by atoms with Crippen molar-refractivity contribution in [3.05, 3.63) is 0 Å². The maximum Gasteiger partial charge on any atom is 0.111 e. The van der Waals surface area contributed by atoms with Crippen molar-refractivity contribution in [3.8, 4) is 0 Å². The summed E-state index contributed by atoms with van der Waals surface area (Å²) in [6.45, 7) is 0.394. The van der Waals surface area contributed by atoms with Gasteiger partial charge in [0.2, 0.25) is 0 Å². The predicted molar refractivity (Wildman–Crippen MR) is 48.8 cm³/mol. The summed E-state index contributed by atoms with van der Waals surface area (Å²) in [5.74, 6) is 0. The van der Waals surface area contributed by atoms with Gasteiger partial charge in [-0.05, 0) is 6.92 Å². The Kier molecular flexibility index (Phi) is 6.22. The average Bonchev–Trinajstić information content (AvgIpc) is 2.23. The highest BCUT2D eigenvalue weighted by Crippen LogP contribution is 2.10. The Labute approximate surface area is 86.9 Å². The van der Waals surface area contributed by atoms with Crippen LogP contribution in [-0.4, -0.2) is 79.0 Å². The van der Waals surface area contributed by atoms with Gasteiger partial charge in [-0.2, -0.15) is 0 Å². The molecule has 0 fully saturated rings. The lowest BCUT2D eigenvalue weighted by Gasteiger charge is -2.29. The molecule has 0 bridgehead atoms. The normalized spacial score (nSPS) is 24.0. The van der Waals surface area contributed by atoms with Gasteiger partial charge in [-0.1, -0.05) is 0 Å². The molecule has 0 saturated carbocycles. The van der Waals surface area contributed by atoms with Crippen molar-refractivity contribution < 1.29 is 35.7 Å². The molecule has 0 aromatic rings. The zero-order chi connectivity index (χ0) is 12.2. The van der Waals surface area contributed by atoms with Crippen LogP contribution in [-0.2, 0) is 0 Å². The van der Waals surface area contributed by atoms with E-state index in [1.165, 1.54) is 6.92 Å². The maximum absolute atomic E-state index is 9.26. The molecule has 4 unspecified atom stereocenters. The third-order valence-corrected chi connectivity index (χ3v) is 2.13. The molecule has 0 amide bonds. The molecule has 7 N–H and O–H groups in total. The topological polar surface area (TPSA) is 142 Å². The van der Waals surface area contributed by atoms with Crippen LogP contribution in [0.1, 0.15) is 6.92 Å². The standard InChI is InChI=1S/C8H18O7/c1-3(10)5(12)7(14)8(15)6(13)4(11)2-9/h3-15H,2H2,1H3/t3?,4-,5?,6?,7+,8?/m1/s1. The summed E-state index contributed by atoms with van der Waals surface area (Å²) in [5.41, 5.74) is 0. The number of aliphatic hydroxyl groups excluding tert-OH is 7. The first kappa shape index (κ1) is 14.7. The number of aliphatic hydroxyl groups is 7. The largest absolute Gasteiger partial charge is 0.394 e. The van der Waals surface area contributed by atoms with E-state index in [4.69, 9.17) is 20.4 Å². The summed E-state index contributed by atoms with van der Waals surface area (Å²) < 4.78 is 0. The molecule has 0 aromatic carbocycles. The van der Waals surface area contributed by atoms with Crippen LogP contribution in [0.5, 0.6) is 0 Å². The van der Waals surface area contributed by atoms with Crippen molar-refractivity contribution in [1.29, 1.82) is 0 Å². The van der Waals surface area contributed by atoms with Gasteiger partial charge in [-0.3, -0.25) is 0 Å². The highest BCUT2D eigenvalue weighted by atomic mass is 16.4. The number of rotatable bonds is 6. The van der Waals surface area contributed by atoms with Crippen LogP contribution in [0.2, 0.25) is 0 Å². The quantitative estimate of drug-likeness (QED) is 0.246. The zero-order valence-electron chi connectivity index (χ0n) is 8.30.